The Morgan fingerprint density at radius 1 is 1.73 bits per heavy atom. The summed E-state index contributed by atoms with van der Waals surface area (Å²) < 4.78 is 0. The van der Waals surface area contributed by atoms with Gasteiger partial charge in [0.15, 0.2) is 0 Å². The van der Waals surface area contributed by atoms with Crippen LogP contribution in [0.5, 0.6) is 0 Å². The molecule has 0 fully saturated rings. The first-order valence-corrected chi connectivity index (χ1v) is 3.01. The van der Waals surface area contributed by atoms with Crippen LogP contribution < -0.4 is 0 Å². The summed E-state index contributed by atoms with van der Waals surface area (Å²) in [7, 11) is 0. The van der Waals surface area contributed by atoms with Crippen molar-refractivity contribution >= 4 is 12.1 Å². The Hall–Kier alpha value is -1.52. The van der Waals surface area contributed by atoms with Crippen molar-refractivity contribution < 1.29 is 9.72 Å². The molecule has 1 rings (SSSR count). The second-order valence-corrected chi connectivity index (χ2v) is 2.21. The van der Waals surface area contributed by atoms with E-state index in [0.717, 1.165) is 0 Å². The first-order chi connectivity index (χ1) is 5.13. The van der Waals surface area contributed by atoms with Crippen molar-refractivity contribution in [1.29, 1.82) is 0 Å². The molecule has 0 radical (unpaired) electrons. The van der Waals surface area contributed by atoms with Crippen molar-refractivity contribution in [2.75, 3.05) is 0 Å². The highest BCUT2D eigenvalue weighted by Gasteiger charge is 2.32. The minimum atomic E-state index is -1.26. The lowest BCUT2D eigenvalue weighted by atomic mass is 10.1. The standard InChI is InChI=1S/C6H6N2O3/c1-4-2-3-7-6(9)5(4)8(10)11/h2-3,5H,1H3. The topological polar surface area (TPSA) is 72.6 Å². The number of hydrogen-bond acceptors (Lipinski definition) is 3. The summed E-state index contributed by atoms with van der Waals surface area (Å²) in [5.74, 6) is -0.699. The maximum atomic E-state index is 10.8. The van der Waals surface area contributed by atoms with Gasteiger partial charge in [0.2, 0.25) is 0 Å². The number of rotatable bonds is 1. The molecule has 1 atom stereocenters. The molecular formula is C6H6N2O3. The second kappa shape index (κ2) is 2.61. The molecule has 0 aromatic carbocycles. The van der Waals surface area contributed by atoms with Crippen molar-refractivity contribution in [1.82, 2.24) is 0 Å². The Kier molecular flexibility index (Phi) is 1.80. The van der Waals surface area contributed by atoms with Gasteiger partial charge >= 0.3 is 11.9 Å². The number of amides is 1. The van der Waals surface area contributed by atoms with Crippen LogP contribution in [0.25, 0.3) is 0 Å². The molecule has 0 spiro atoms. The third-order valence-corrected chi connectivity index (χ3v) is 1.42. The highest BCUT2D eigenvalue weighted by Crippen LogP contribution is 2.09. The van der Waals surface area contributed by atoms with Gasteiger partial charge in [-0.3, -0.25) is 14.9 Å². The molecule has 0 bridgehead atoms. The van der Waals surface area contributed by atoms with Gasteiger partial charge in [-0.15, -0.1) is 0 Å². The molecule has 1 unspecified atom stereocenters. The molecule has 1 heterocycles. The quantitative estimate of drug-likeness (QED) is 0.399. The zero-order valence-corrected chi connectivity index (χ0v) is 5.85. The van der Waals surface area contributed by atoms with Crippen LogP contribution in [0.4, 0.5) is 0 Å². The van der Waals surface area contributed by atoms with Gasteiger partial charge in [-0.25, -0.2) is 4.99 Å². The van der Waals surface area contributed by atoms with E-state index in [-0.39, 0.29) is 0 Å². The van der Waals surface area contributed by atoms with Gasteiger partial charge in [0.05, 0.1) is 0 Å². The van der Waals surface area contributed by atoms with E-state index in [1.54, 1.807) is 0 Å². The molecular weight excluding hydrogens is 148 g/mol. The Balaban J connectivity index is 2.95. The summed E-state index contributed by atoms with van der Waals surface area (Å²) in [5.41, 5.74) is 0.426. The van der Waals surface area contributed by atoms with Crippen LogP contribution in [-0.2, 0) is 4.79 Å². The van der Waals surface area contributed by atoms with Crippen molar-refractivity contribution in [2.24, 2.45) is 4.99 Å². The van der Waals surface area contributed by atoms with E-state index in [2.05, 4.69) is 4.99 Å². The largest absolute Gasteiger partial charge is 0.324 e. The molecule has 5 nitrogen and oxygen atoms in total. The molecule has 0 saturated carbocycles. The molecule has 0 N–H and O–H groups in total. The number of carbonyl (C=O) groups is 1. The maximum absolute atomic E-state index is 10.8. The van der Waals surface area contributed by atoms with E-state index in [4.69, 9.17) is 0 Å². The lowest BCUT2D eigenvalue weighted by Crippen LogP contribution is -2.31. The molecule has 0 aromatic heterocycles. The van der Waals surface area contributed by atoms with Gasteiger partial charge in [-0.05, 0) is 13.0 Å². The van der Waals surface area contributed by atoms with E-state index in [9.17, 15) is 14.9 Å². The van der Waals surface area contributed by atoms with E-state index in [0.29, 0.717) is 5.57 Å². The van der Waals surface area contributed by atoms with Crippen LogP contribution in [0, 0.1) is 10.1 Å². The van der Waals surface area contributed by atoms with Crippen molar-refractivity contribution in [3.05, 3.63) is 21.8 Å². The Bertz CT molecular complexity index is 267. The number of allylic oxidation sites excluding steroid dienone is 1. The summed E-state index contributed by atoms with van der Waals surface area (Å²) in [5, 5.41) is 10.2. The minimum Gasteiger partial charge on any atom is -0.264 e. The van der Waals surface area contributed by atoms with Gasteiger partial charge in [0.25, 0.3) is 0 Å². The number of nitro groups is 1. The van der Waals surface area contributed by atoms with E-state index in [1.165, 1.54) is 19.2 Å². The third kappa shape index (κ3) is 1.31. The summed E-state index contributed by atoms with van der Waals surface area (Å²) in [6, 6.07) is -1.26. The molecule has 1 aliphatic heterocycles. The van der Waals surface area contributed by atoms with Crippen LogP contribution in [0.2, 0.25) is 0 Å². The summed E-state index contributed by atoms with van der Waals surface area (Å²) >= 11 is 0. The highest BCUT2D eigenvalue weighted by molar-refractivity contribution is 5.96. The molecule has 1 aliphatic rings. The van der Waals surface area contributed by atoms with Crippen molar-refractivity contribution in [3.8, 4) is 0 Å². The smallest absolute Gasteiger partial charge is 0.264 e. The fourth-order valence-corrected chi connectivity index (χ4v) is 0.841. The van der Waals surface area contributed by atoms with Crippen LogP contribution >= 0.6 is 0 Å². The Morgan fingerprint density at radius 3 is 2.73 bits per heavy atom. The van der Waals surface area contributed by atoms with Crippen LogP contribution in [0.1, 0.15) is 6.92 Å². The number of carbonyl (C=O) groups excluding carboxylic acids is 1. The first kappa shape index (κ1) is 7.59. The Morgan fingerprint density at radius 2 is 2.36 bits per heavy atom. The SMILES string of the molecule is CC1=CC=NC(=O)C1[N+](=O)[O-]. The summed E-state index contributed by atoms with van der Waals surface area (Å²) in [6.07, 6.45) is 2.74. The lowest BCUT2D eigenvalue weighted by molar-refractivity contribution is -0.497. The zero-order valence-electron chi connectivity index (χ0n) is 5.85. The van der Waals surface area contributed by atoms with E-state index in [1.807, 2.05) is 0 Å². The van der Waals surface area contributed by atoms with Crippen LogP contribution in [-0.4, -0.2) is 23.1 Å². The second-order valence-electron chi connectivity index (χ2n) is 2.21. The van der Waals surface area contributed by atoms with Crippen molar-refractivity contribution in [3.63, 3.8) is 0 Å². The van der Waals surface area contributed by atoms with Gasteiger partial charge in [-0.1, -0.05) is 0 Å². The van der Waals surface area contributed by atoms with E-state index < -0.39 is 16.9 Å². The predicted molar refractivity (Wildman–Crippen MR) is 38.0 cm³/mol. The summed E-state index contributed by atoms with van der Waals surface area (Å²) in [6.45, 7) is 1.54. The summed E-state index contributed by atoms with van der Waals surface area (Å²) in [4.78, 5) is 23.7. The van der Waals surface area contributed by atoms with Crippen molar-refractivity contribution in [2.45, 2.75) is 13.0 Å². The fourth-order valence-electron chi connectivity index (χ4n) is 0.841. The number of dihydropyridines is 1. The monoisotopic (exact) mass is 154 g/mol. The number of nitrogens with zero attached hydrogens (tertiary/aromatic N) is 2. The first-order valence-electron chi connectivity index (χ1n) is 3.01. The predicted octanol–water partition coefficient (Wildman–Crippen LogP) is 0.189. The van der Waals surface area contributed by atoms with Gasteiger partial charge in [-0.2, -0.15) is 0 Å². The molecule has 11 heavy (non-hydrogen) atoms. The molecule has 5 heteroatoms. The Labute approximate surface area is 62.6 Å². The molecule has 0 saturated heterocycles. The van der Waals surface area contributed by atoms with Crippen LogP contribution in [0.15, 0.2) is 16.6 Å². The van der Waals surface area contributed by atoms with Gasteiger partial charge in [0.1, 0.15) is 0 Å². The molecule has 1 amide bonds. The highest BCUT2D eigenvalue weighted by atomic mass is 16.6. The van der Waals surface area contributed by atoms with E-state index >= 15 is 0 Å². The molecule has 0 aliphatic carbocycles. The number of aliphatic imine (C=N–C) groups is 1. The van der Waals surface area contributed by atoms with Gasteiger partial charge in [0, 0.05) is 16.7 Å². The number of hydrogen-bond donors (Lipinski definition) is 0. The maximum Gasteiger partial charge on any atom is 0.324 e. The average Bonchev–Trinajstić information content (AvgIpc) is 1.85. The lowest BCUT2D eigenvalue weighted by Gasteiger charge is -2.07. The molecule has 0 aromatic rings. The minimum absolute atomic E-state index is 0.426. The zero-order chi connectivity index (χ0) is 8.43. The van der Waals surface area contributed by atoms with Gasteiger partial charge < -0.3 is 0 Å². The fraction of sp³-hybridized carbons (Fsp3) is 0.333. The third-order valence-electron chi connectivity index (χ3n) is 1.42. The normalized spacial score (nSPS) is 23.2. The average molecular weight is 154 g/mol. The van der Waals surface area contributed by atoms with Crippen LogP contribution in [0.3, 0.4) is 0 Å². The molecule has 58 valence electrons.